The summed E-state index contributed by atoms with van der Waals surface area (Å²) in [6, 6.07) is 12.4. The lowest BCUT2D eigenvalue weighted by Crippen LogP contribution is -2.16. The zero-order valence-electron chi connectivity index (χ0n) is 14.7. The van der Waals surface area contributed by atoms with Gasteiger partial charge in [0.05, 0.1) is 22.8 Å². The number of nitrogens with one attached hydrogen (secondary N) is 1. The first-order chi connectivity index (χ1) is 14.1. The number of carbonyl (C=O) groups is 1. The Bertz CT molecular complexity index is 1150. The molecule has 2 heterocycles. The number of rotatable bonds is 6. The van der Waals surface area contributed by atoms with Crippen molar-refractivity contribution in [1.82, 2.24) is 29.5 Å². The maximum atomic E-state index is 12.5. The molecule has 2 aromatic heterocycles. The van der Waals surface area contributed by atoms with E-state index in [9.17, 15) is 4.79 Å². The smallest absolute Gasteiger partial charge is 0.234 e. The van der Waals surface area contributed by atoms with Gasteiger partial charge in [0.1, 0.15) is 19.0 Å². The molecule has 0 radical (unpaired) electrons. The molecule has 0 atom stereocenters. The maximum absolute atomic E-state index is 12.5. The van der Waals surface area contributed by atoms with E-state index in [4.69, 9.17) is 23.2 Å². The van der Waals surface area contributed by atoms with Crippen LogP contribution in [0, 0.1) is 0 Å². The van der Waals surface area contributed by atoms with E-state index in [1.54, 1.807) is 52.2 Å². The Hall–Kier alpha value is -2.88. The average molecular weight is 446 g/mol. The van der Waals surface area contributed by atoms with Gasteiger partial charge < -0.3 is 5.32 Å². The summed E-state index contributed by atoms with van der Waals surface area (Å²) in [6.07, 6.45) is 4.53. The predicted molar refractivity (Wildman–Crippen MR) is 112 cm³/mol. The quantitative estimate of drug-likeness (QED) is 0.452. The van der Waals surface area contributed by atoms with Crippen LogP contribution in [0.25, 0.3) is 11.4 Å². The van der Waals surface area contributed by atoms with Gasteiger partial charge in [-0.1, -0.05) is 41.0 Å². The molecule has 0 fully saturated rings. The highest BCUT2D eigenvalue weighted by Crippen LogP contribution is 2.25. The van der Waals surface area contributed by atoms with Crippen LogP contribution in [0.4, 0.5) is 5.69 Å². The Morgan fingerprint density at radius 1 is 1.10 bits per heavy atom. The third kappa shape index (κ3) is 4.58. The Kier molecular flexibility index (Phi) is 5.79. The SMILES string of the molecule is O=C(CSc1nncn1-c1cccc(Cl)c1)Nc1cc(Cl)ccc1-n1cncn1. The molecule has 0 bridgehead atoms. The van der Waals surface area contributed by atoms with E-state index in [0.29, 0.717) is 26.6 Å². The number of hydrogen-bond donors (Lipinski definition) is 1. The van der Waals surface area contributed by atoms with E-state index in [1.165, 1.54) is 18.1 Å². The molecule has 0 aliphatic carbocycles. The standard InChI is InChI=1S/C18H13Cl2N7OS/c19-12-2-1-3-14(6-12)26-11-22-25-18(26)29-8-17(28)24-15-7-13(20)4-5-16(15)27-10-21-9-23-27/h1-7,9-11H,8H2,(H,24,28). The van der Waals surface area contributed by atoms with Gasteiger partial charge in [0.15, 0.2) is 5.16 Å². The molecule has 4 rings (SSSR count). The van der Waals surface area contributed by atoms with E-state index in [0.717, 1.165) is 5.69 Å². The lowest BCUT2D eigenvalue weighted by atomic mass is 10.2. The summed E-state index contributed by atoms with van der Waals surface area (Å²) in [6.45, 7) is 0. The summed E-state index contributed by atoms with van der Waals surface area (Å²) < 4.78 is 3.32. The van der Waals surface area contributed by atoms with Crippen LogP contribution < -0.4 is 5.32 Å². The Labute approximate surface area is 179 Å². The molecule has 0 saturated carbocycles. The summed E-state index contributed by atoms with van der Waals surface area (Å²) in [5.41, 5.74) is 2.01. The highest BCUT2D eigenvalue weighted by molar-refractivity contribution is 7.99. The van der Waals surface area contributed by atoms with Crippen LogP contribution in [0.15, 0.2) is 66.6 Å². The van der Waals surface area contributed by atoms with Crippen molar-refractivity contribution < 1.29 is 4.79 Å². The lowest BCUT2D eigenvalue weighted by molar-refractivity contribution is -0.113. The molecule has 1 N–H and O–H groups in total. The monoisotopic (exact) mass is 445 g/mol. The van der Waals surface area contributed by atoms with Crippen LogP contribution in [0.1, 0.15) is 0 Å². The van der Waals surface area contributed by atoms with E-state index in [-0.39, 0.29) is 11.7 Å². The van der Waals surface area contributed by atoms with Gasteiger partial charge in [0.2, 0.25) is 5.91 Å². The number of halogens is 2. The number of carbonyl (C=O) groups excluding carboxylic acids is 1. The number of thioether (sulfide) groups is 1. The second kappa shape index (κ2) is 8.64. The maximum Gasteiger partial charge on any atom is 0.234 e. The molecule has 146 valence electrons. The van der Waals surface area contributed by atoms with Gasteiger partial charge in [0, 0.05) is 10.0 Å². The van der Waals surface area contributed by atoms with Crippen molar-refractivity contribution in [2.45, 2.75) is 5.16 Å². The van der Waals surface area contributed by atoms with Gasteiger partial charge in [-0.05, 0) is 36.4 Å². The third-order valence-electron chi connectivity index (χ3n) is 3.83. The topological polar surface area (TPSA) is 90.5 Å². The van der Waals surface area contributed by atoms with Crippen molar-refractivity contribution in [2.75, 3.05) is 11.1 Å². The summed E-state index contributed by atoms with van der Waals surface area (Å²) in [5, 5.41) is 16.6. The van der Waals surface area contributed by atoms with E-state index in [2.05, 4.69) is 25.6 Å². The minimum atomic E-state index is -0.223. The van der Waals surface area contributed by atoms with Crippen molar-refractivity contribution in [1.29, 1.82) is 0 Å². The number of amides is 1. The molecule has 8 nitrogen and oxygen atoms in total. The highest BCUT2D eigenvalue weighted by Gasteiger charge is 2.13. The molecule has 0 aliphatic heterocycles. The number of aromatic nitrogens is 6. The van der Waals surface area contributed by atoms with Crippen molar-refractivity contribution >= 4 is 46.6 Å². The van der Waals surface area contributed by atoms with Crippen LogP contribution >= 0.6 is 35.0 Å². The largest absolute Gasteiger partial charge is 0.323 e. The fraction of sp³-hybridized carbons (Fsp3) is 0.0556. The van der Waals surface area contributed by atoms with Gasteiger partial charge >= 0.3 is 0 Å². The molecular weight excluding hydrogens is 433 g/mol. The molecule has 0 aliphatic rings. The zero-order valence-corrected chi connectivity index (χ0v) is 17.1. The summed E-state index contributed by atoms with van der Waals surface area (Å²) in [5.74, 6) is -0.0953. The molecule has 11 heteroatoms. The van der Waals surface area contributed by atoms with Crippen LogP contribution in [-0.2, 0) is 4.79 Å². The molecule has 4 aromatic rings. The van der Waals surface area contributed by atoms with Crippen LogP contribution in [-0.4, -0.2) is 41.2 Å². The Morgan fingerprint density at radius 2 is 1.97 bits per heavy atom. The van der Waals surface area contributed by atoms with Crippen molar-refractivity contribution in [3.63, 3.8) is 0 Å². The minimum absolute atomic E-state index is 0.128. The van der Waals surface area contributed by atoms with Gasteiger partial charge in [-0.3, -0.25) is 9.36 Å². The van der Waals surface area contributed by atoms with Crippen molar-refractivity contribution in [2.24, 2.45) is 0 Å². The summed E-state index contributed by atoms with van der Waals surface area (Å²) in [4.78, 5) is 16.5. The molecule has 0 spiro atoms. The number of nitrogens with zero attached hydrogens (tertiary/aromatic N) is 6. The van der Waals surface area contributed by atoms with Crippen molar-refractivity contribution in [3.8, 4) is 11.4 Å². The predicted octanol–water partition coefficient (Wildman–Crippen LogP) is 3.89. The summed E-state index contributed by atoms with van der Waals surface area (Å²) >= 11 is 13.4. The molecular formula is C18H13Cl2N7OS. The van der Waals surface area contributed by atoms with Crippen molar-refractivity contribution in [3.05, 3.63) is 71.5 Å². The second-order valence-corrected chi connectivity index (χ2v) is 7.62. The van der Waals surface area contributed by atoms with Crippen LogP contribution in [0.5, 0.6) is 0 Å². The summed E-state index contributed by atoms with van der Waals surface area (Å²) in [7, 11) is 0. The van der Waals surface area contributed by atoms with Gasteiger partial charge in [-0.25, -0.2) is 9.67 Å². The lowest BCUT2D eigenvalue weighted by Gasteiger charge is -2.11. The van der Waals surface area contributed by atoms with E-state index < -0.39 is 0 Å². The first kappa shape index (κ1) is 19.4. The molecule has 29 heavy (non-hydrogen) atoms. The van der Waals surface area contributed by atoms with Gasteiger partial charge in [-0.15, -0.1) is 10.2 Å². The molecule has 2 aromatic carbocycles. The molecule has 0 saturated heterocycles. The number of hydrogen-bond acceptors (Lipinski definition) is 6. The fourth-order valence-electron chi connectivity index (χ4n) is 2.58. The minimum Gasteiger partial charge on any atom is -0.323 e. The normalized spacial score (nSPS) is 10.8. The van der Waals surface area contributed by atoms with E-state index >= 15 is 0 Å². The van der Waals surface area contributed by atoms with Gasteiger partial charge in [-0.2, -0.15) is 5.10 Å². The Morgan fingerprint density at radius 3 is 2.76 bits per heavy atom. The molecule has 0 unspecified atom stereocenters. The van der Waals surface area contributed by atoms with Gasteiger partial charge in [0.25, 0.3) is 0 Å². The van der Waals surface area contributed by atoms with E-state index in [1.807, 2.05) is 12.1 Å². The first-order valence-electron chi connectivity index (χ1n) is 8.33. The molecule has 1 amide bonds. The highest BCUT2D eigenvalue weighted by atomic mass is 35.5. The average Bonchev–Trinajstić information content (AvgIpc) is 3.38. The fourth-order valence-corrected chi connectivity index (χ4v) is 3.67. The zero-order chi connectivity index (χ0) is 20.2. The van der Waals surface area contributed by atoms with Crippen LogP contribution in [0.2, 0.25) is 10.0 Å². The number of benzene rings is 2. The third-order valence-corrected chi connectivity index (χ3v) is 5.25. The first-order valence-corrected chi connectivity index (χ1v) is 10.1. The van der Waals surface area contributed by atoms with Crippen LogP contribution in [0.3, 0.4) is 0 Å². The Balaban J connectivity index is 1.47. The number of anilines is 1. The second-order valence-electron chi connectivity index (χ2n) is 5.80.